The molecule has 2 rings (SSSR count). The van der Waals surface area contributed by atoms with Crippen LogP contribution in [0.3, 0.4) is 0 Å². The third kappa shape index (κ3) is 3.80. The van der Waals surface area contributed by atoms with Crippen LogP contribution < -0.4 is 10.2 Å². The van der Waals surface area contributed by atoms with Crippen molar-refractivity contribution in [2.45, 2.75) is 39.4 Å². The SMILES string of the molecule is CCCNc1cc(N2CC(C)OC(CO)C2)nc(C)n1. The van der Waals surface area contributed by atoms with E-state index in [4.69, 9.17) is 4.74 Å². The molecule has 1 saturated heterocycles. The minimum Gasteiger partial charge on any atom is -0.394 e. The number of aromatic nitrogens is 2. The van der Waals surface area contributed by atoms with Crippen molar-refractivity contribution < 1.29 is 9.84 Å². The Morgan fingerprint density at radius 2 is 2.25 bits per heavy atom. The minimum atomic E-state index is -0.152. The van der Waals surface area contributed by atoms with Gasteiger partial charge in [-0.3, -0.25) is 0 Å². The summed E-state index contributed by atoms with van der Waals surface area (Å²) >= 11 is 0. The number of ether oxygens (including phenoxy) is 1. The molecule has 1 aliphatic rings. The predicted molar refractivity (Wildman–Crippen MR) is 79.2 cm³/mol. The van der Waals surface area contributed by atoms with Gasteiger partial charge >= 0.3 is 0 Å². The largest absolute Gasteiger partial charge is 0.394 e. The Kier molecular flexibility index (Phi) is 5.14. The number of rotatable bonds is 5. The molecule has 2 N–H and O–H groups in total. The van der Waals surface area contributed by atoms with Gasteiger partial charge < -0.3 is 20.1 Å². The van der Waals surface area contributed by atoms with E-state index in [1.165, 1.54) is 0 Å². The Hall–Kier alpha value is -1.40. The molecule has 0 radical (unpaired) electrons. The highest BCUT2D eigenvalue weighted by atomic mass is 16.5. The maximum absolute atomic E-state index is 9.30. The summed E-state index contributed by atoms with van der Waals surface area (Å²) < 4.78 is 5.66. The molecule has 0 spiro atoms. The van der Waals surface area contributed by atoms with Crippen molar-refractivity contribution in [1.82, 2.24) is 9.97 Å². The van der Waals surface area contributed by atoms with Gasteiger partial charge in [-0.15, -0.1) is 0 Å². The van der Waals surface area contributed by atoms with Gasteiger partial charge in [0.05, 0.1) is 18.8 Å². The number of nitrogens with one attached hydrogen (secondary N) is 1. The lowest BCUT2D eigenvalue weighted by atomic mass is 10.2. The second kappa shape index (κ2) is 6.85. The molecular weight excluding hydrogens is 256 g/mol. The van der Waals surface area contributed by atoms with Gasteiger partial charge in [0.25, 0.3) is 0 Å². The summed E-state index contributed by atoms with van der Waals surface area (Å²) in [5, 5.41) is 12.6. The quantitative estimate of drug-likeness (QED) is 0.844. The molecule has 112 valence electrons. The number of anilines is 2. The zero-order valence-corrected chi connectivity index (χ0v) is 12.5. The molecule has 0 aliphatic carbocycles. The fourth-order valence-electron chi connectivity index (χ4n) is 2.39. The van der Waals surface area contributed by atoms with E-state index in [0.717, 1.165) is 37.0 Å². The Balaban J connectivity index is 2.16. The first kappa shape index (κ1) is 15.0. The maximum atomic E-state index is 9.30. The zero-order chi connectivity index (χ0) is 14.5. The van der Waals surface area contributed by atoms with E-state index in [-0.39, 0.29) is 18.8 Å². The fraction of sp³-hybridized carbons (Fsp3) is 0.714. The van der Waals surface area contributed by atoms with Crippen LogP contribution >= 0.6 is 0 Å². The average molecular weight is 280 g/mol. The van der Waals surface area contributed by atoms with Crippen molar-refractivity contribution in [1.29, 1.82) is 0 Å². The normalized spacial score (nSPS) is 22.9. The van der Waals surface area contributed by atoms with Crippen molar-refractivity contribution in [3.05, 3.63) is 11.9 Å². The molecule has 2 heterocycles. The summed E-state index contributed by atoms with van der Waals surface area (Å²) in [6.45, 7) is 8.40. The van der Waals surface area contributed by atoms with Crippen LogP contribution in [0.5, 0.6) is 0 Å². The molecule has 1 aromatic rings. The van der Waals surface area contributed by atoms with Gasteiger partial charge in [0.15, 0.2) is 0 Å². The smallest absolute Gasteiger partial charge is 0.134 e. The topological polar surface area (TPSA) is 70.5 Å². The van der Waals surface area contributed by atoms with Gasteiger partial charge in [0, 0.05) is 25.7 Å². The Morgan fingerprint density at radius 1 is 1.45 bits per heavy atom. The third-order valence-electron chi connectivity index (χ3n) is 3.23. The molecule has 2 atom stereocenters. The lowest BCUT2D eigenvalue weighted by Crippen LogP contribution is -2.48. The lowest BCUT2D eigenvalue weighted by Gasteiger charge is -2.36. The summed E-state index contributed by atoms with van der Waals surface area (Å²) in [7, 11) is 0. The minimum absolute atomic E-state index is 0.0336. The lowest BCUT2D eigenvalue weighted by molar-refractivity contribution is -0.0423. The second-order valence-corrected chi connectivity index (χ2v) is 5.24. The molecule has 0 amide bonds. The fourth-order valence-corrected chi connectivity index (χ4v) is 2.39. The molecule has 0 bridgehead atoms. The molecule has 2 unspecified atom stereocenters. The molecular formula is C14H24N4O2. The first-order valence-corrected chi connectivity index (χ1v) is 7.23. The van der Waals surface area contributed by atoms with E-state index in [0.29, 0.717) is 6.54 Å². The molecule has 6 nitrogen and oxygen atoms in total. The van der Waals surface area contributed by atoms with Crippen molar-refractivity contribution in [2.24, 2.45) is 0 Å². The number of morpholine rings is 1. The van der Waals surface area contributed by atoms with Crippen molar-refractivity contribution in [3.8, 4) is 0 Å². The van der Waals surface area contributed by atoms with Gasteiger partial charge in [0.2, 0.25) is 0 Å². The summed E-state index contributed by atoms with van der Waals surface area (Å²) in [5.74, 6) is 2.50. The summed E-state index contributed by atoms with van der Waals surface area (Å²) in [4.78, 5) is 11.1. The van der Waals surface area contributed by atoms with Gasteiger partial charge in [-0.25, -0.2) is 9.97 Å². The number of aliphatic hydroxyl groups excluding tert-OH is 1. The van der Waals surface area contributed by atoms with Crippen LogP contribution in [0.2, 0.25) is 0 Å². The number of aryl methyl sites for hydroxylation is 1. The molecule has 1 aromatic heterocycles. The van der Waals surface area contributed by atoms with Crippen LogP contribution in [0.15, 0.2) is 6.07 Å². The highest BCUT2D eigenvalue weighted by Crippen LogP contribution is 2.21. The van der Waals surface area contributed by atoms with Crippen molar-refractivity contribution >= 4 is 11.6 Å². The van der Waals surface area contributed by atoms with Crippen molar-refractivity contribution in [3.63, 3.8) is 0 Å². The van der Waals surface area contributed by atoms with E-state index in [1.807, 2.05) is 19.9 Å². The van der Waals surface area contributed by atoms with Crippen LogP contribution in [0.25, 0.3) is 0 Å². The highest BCUT2D eigenvalue weighted by Gasteiger charge is 2.26. The van der Waals surface area contributed by atoms with Crippen LogP contribution in [0.1, 0.15) is 26.1 Å². The number of hydrogen-bond acceptors (Lipinski definition) is 6. The molecule has 1 fully saturated rings. The number of hydrogen-bond donors (Lipinski definition) is 2. The first-order valence-electron chi connectivity index (χ1n) is 7.23. The first-order chi connectivity index (χ1) is 9.62. The molecule has 20 heavy (non-hydrogen) atoms. The molecule has 1 aliphatic heterocycles. The second-order valence-electron chi connectivity index (χ2n) is 5.24. The van der Waals surface area contributed by atoms with Gasteiger partial charge in [-0.1, -0.05) is 6.92 Å². The standard InChI is InChI=1S/C14H24N4O2/c1-4-5-15-13-6-14(17-11(3)16-13)18-7-10(2)20-12(8-18)9-19/h6,10,12,19H,4-5,7-9H2,1-3H3,(H,15,16,17). The van der Waals surface area contributed by atoms with Crippen LogP contribution in [-0.2, 0) is 4.74 Å². The van der Waals surface area contributed by atoms with Crippen LogP contribution in [0, 0.1) is 6.92 Å². The average Bonchev–Trinajstić information content (AvgIpc) is 2.43. The van der Waals surface area contributed by atoms with Gasteiger partial charge in [-0.05, 0) is 20.3 Å². The summed E-state index contributed by atoms with van der Waals surface area (Å²) in [6, 6.07) is 1.97. The predicted octanol–water partition coefficient (Wildman–Crippen LogP) is 1.19. The zero-order valence-electron chi connectivity index (χ0n) is 12.5. The van der Waals surface area contributed by atoms with E-state index in [9.17, 15) is 5.11 Å². The molecule has 6 heteroatoms. The summed E-state index contributed by atoms with van der Waals surface area (Å²) in [5.41, 5.74) is 0. The van der Waals surface area contributed by atoms with E-state index >= 15 is 0 Å². The molecule has 0 aromatic carbocycles. The monoisotopic (exact) mass is 280 g/mol. The summed E-state index contributed by atoms with van der Waals surface area (Å²) in [6.07, 6.45) is 0.990. The van der Waals surface area contributed by atoms with Crippen LogP contribution in [0.4, 0.5) is 11.6 Å². The Bertz CT molecular complexity index is 441. The van der Waals surface area contributed by atoms with Gasteiger partial charge in [-0.2, -0.15) is 0 Å². The number of aliphatic hydroxyl groups is 1. The number of nitrogens with zero attached hydrogens (tertiary/aromatic N) is 3. The van der Waals surface area contributed by atoms with E-state index in [1.54, 1.807) is 0 Å². The van der Waals surface area contributed by atoms with Gasteiger partial charge in [0.1, 0.15) is 17.5 Å². The highest BCUT2D eigenvalue weighted by molar-refractivity contribution is 5.49. The van der Waals surface area contributed by atoms with Crippen molar-refractivity contribution in [2.75, 3.05) is 36.5 Å². The third-order valence-corrected chi connectivity index (χ3v) is 3.23. The maximum Gasteiger partial charge on any atom is 0.134 e. The van der Waals surface area contributed by atoms with Crippen LogP contribution in [-0.4, -0.2) is 53.5 Å². The van der Waals surface area contributed by atoms with E-state index < -0.39 is 0 Å². The molecule has 0 saturated carbocycles. The Morgan fingerprint density at radius 3 is 2.95 bits per heavy atom. The Labute approximate surface area is 120 Å². The van der Waals surface area contributed by atoms with E-state index in [2.05, 4.69) is 27.1 Å².